The van der Waals surface area contributed by atoms with Gasteiger partial charge in [0.05, 0.1) is 25.6 Å². The molecule has 8 heteroatoms. The van der Waals surface area contributed by atoms with Gasteiger partial charge in [0.25, 0.3) is 5.91 Å². The van der Waals surface area contributed by atoms with Crippen LogP contribution >= 0.6 is 0 Å². The van der Waals surface area contributed by atoms with Crippen molar-refractivity contribution in [2.45, 2.75) is 32.4 Å². The third kappa shape index (κ3) is 6.63. The van der Waals surface area contributed by atoms with Crippen molar-refractivity contribution >= 4 is 24.0 Å². The van der Waals surface area contributed by atoms with Gasteiger partial charge in [-0.1, -0.05) is 55.5 Å². The number of carbonyl (C=O) groups excluding carboxylic acids is 2. The molecule has 0 bridgehead atoms. The highest BCUT2D eigenvalue weighted by molar-refractivity contribution is 5.97. The molecule has 198 valence electrons. The van der Waals surface area contributed by atoms with Crippen molar-refractivity contribution in [2.75, 3.05) is 26.7 Å². The lowest BCUT2D eigenvalue weighted by atomic mass is 9.99. The van der Waals surface area contributed by atoms with E-state index in [1.165, 1.54) is 0 Å². The zero-order chi connectivity index (χ0) is 27.1. The number of hydrogen-bond acceptors (Lipinski definition) is 6. The largest absolute Gasteiger partial charge is 0.472 e. The number of hydrogen-bond donors (Lipinski definition) is 1. The first-order chi connectivity index (χ1) is 18.4. The quantitative estimate of drug-likeness (QED) is 0.494. The molecule has 0 radical (unpaired) electrons. The van der Waals surface area contributed by atoms with Crippen molar-refractivity contribution in [3.05, 3.63) is 89.4 Å². The zero-order valence-corrected chi connectivity index (χ0v) is 22.0. The Balaban J connectivity index is 1.59. The van der Waals surface area contributed by atoms with E-state index in [0.717, 1.165) is 11.1 Å². The molecule has 3 heterocycles. The topological polar surface area (TPSA) is 95.9 Å². The van der Waals surface area contributed by atoms with Crippen molar-refractivity contribution in [3.63, 3.8) is 0 Å². The van der Waals surface area contributed by atoms with Crippen LogP contribution < -0.4 is 4.74 Å². The molecule has 2 aromatic heterocycles. The van der Waals surface area contributed by atoms with Gasteiger partial charge in [0.2, 0.25) is 11.8 Å². The second kappa shape index (κ2) is 12.5. The van der Waals surface area contributed by atoms with Gasteiger partial charge in [0, 0.05) is 37.6 Å². The predicted molar refractivity (Wildman–Crippen MR) is 146 cm³/mol. The van der Waals surface area contributed by atoms with Gasteiger partial charge in [-0.15, -0.1) is 0 Å². The summed E-state index contributed by atoms with van der Waals surface area (Å²) in [7, 11) is 1.74. The Bertz CT molecular complexity index is 1270. The highest BCUT2D eigenvalue weighted by atomic mass is 16.5. The molecular formula is C30H34N4O4. The molecule has 1 aliphatic rings. The molecule has 3 aromatic rings. The second-order valence-corrected chi connectivity index (χ2v) is 9.76. The minimum absolute atomic E-state index is 0.0761. The van der Waals surface area contributed by atoms with Crippen LogP contribution in [0.5, 0.6) is 5.88 Å². The molecule has 38 heavy (non-hydrogen) atoms. The summed E-state index contributed by atoms with van der Waals surface area (Å²) in [5.74, 6) is -0.212. The highest BCUT2D eigenvalue weighted by Gasteiger charge is 2.34. The summed E-state index contributed by atoms with van der Waals surface area (Å²) in [5, 5.41) is 9.88. The van der Waals surface area contributed by atoms with Gasteiger partial charge in [0.15, 0.2) is 0 Å². The molecular weight excluding hydrogens is 480 g/mol. The van der Waals surface area contributed by atoms with Crippen molar-refractivity contribution in [2.24, 2.45) is 5.92 Å². The minimum atomic E-state index is -0.411. The Labute approximate surface area is 223 Å². The molecule has 1 aromatic carbocycles. The normalized spacial score (nSPS) is 18.3. The van der Waals surface area contributed by atoms with E-state index in [2.05, 4.69) is 9.97 Å². The molecule has 8 nitrogen and oxygen atoms in total. The van der Waals surface area contributed by atoms with Crippen LogP contribution in [0.1, 0.15) is 41.0 Å². The van der Waals surface area contributed by atoms with Gasteiger partial charge in [-0.05, 0) is 36.2 Å². The van der Waals surface area contributed by atoms with Crippen LogP contribution in [-0.4, -0.2) is 75.6 Å². The molecule has 0 fully saturated rings. The molecule has 2 amide bonds. The number of aliphatic hydroxyl groups is 1. The summed E-state index contributed by atoms with van der Waals surface area (Å²) in [5.41, 5.74) is 2.83. The van der Waals surface area contributed by atoms with Crippen molar-refractivity contribution in [1.82, 2.24) is 19.8 Å². The minimum Gasteiger partial charge on any atom is -0.472 e. The van der Waals surface area contributed by atoms with E-state index >= 15 is 0 Å². The summed E-state index contributed by atoms with van der Waals surface area (Å²) in [6.45, 7) is 4.32. The Morgan fingerprint density at radius 1 is 1.16 bits per heavy atom. The molecule has 0 aliphatic carbocycles. The van der Waals surface area contributed by atoms with Gasteiger partial charge < -0.3 is 19.6 Å². The van der Waals surface area contributed by atoms with Crippen LogP contribution in [0, 0.1) is 5.92 Å². The maximum Gasteiger partial charge on any atom is 0.259 e. The molecule has 3 atom stereocenters. The Morgan fingerprint density at radius 3 is 2.61 bits per heavy atom. The number of fused-ring (bicyclic) bond motifs is 1. The van der Waals surface area contributed by atoms with Gasteiger partial charge in [0.1, 0.15) is 11.7 Å². The van der Waals surface area contributed by atoms with E-state index in [0.29, 0.717) is 24.3 Å². The first-order valence-corrected chi connectivity index (χ1v) is 12.8. The average molecular weight is 515 g/mol. The molecule has 1 N–H and O–H groups in total. The maximum atomic E-state index is 13.6. The zero-order valence-electron chi connectivity index (χ0n) is 22.0. The average Bonchev–Trinajstić information content (AvgIpc) is 2.94. The fourth-order valence-corrected chi connectivity index (χ4v) is 4.35. The molecule has 0 saturated heterocycles. The van der Waals surface area contributed by atoms with E-state index in [4.69, 9.17) is 4.74 Å². The number of rotatable bonds is 8. The van der Waals surface area contributed by atoms with Crippen LogP contribution in [0.2, 0.25) is 0 Å². The van der Waals surface area contributed by atoms with Crippen LogP contribution in [0.3, 0.4) is 0 Å². The smallest absolute Gasteiger partial charge is 0.259 e. The summed E-state index contributed by atoms with van der Waals surface area (Å²) in [6, 6.07) is 16.7. The number of aliphatic hydroxyl groups excluding tert-OH is 1. The first kappa shape index (κ1) is 27.0. The molecule has 1 aliphatic heterocycles. The van der Waals surface area contributed by atoms with E-state index in [1.807, 2.05) is 74.5 Å². The number of nitrogens with zero attached hydrogens (tertiary/aromatic N) is 4. The van der Waals surface area contributed by atoms with Crippen molar-refractivity contribution in [1.29, 1.82) is 0 Å². The Morgan fingerprint density at radius 2 is 1.89 bits per heavy atom. The summed E-state index contributed by atoms with van der Waals surface area (Å²) in [4.78, 5) is 38.6. The fraction of sp³-hybridized carbons (Fsp3) is 0.333. The number of pyridine rings is 2. The fourth-order valence-electron chi connectivity index (χ4n) is 4.35. The standard InChI is InChI=1S/C30H34N4O4/c1-21-18-34(22(2)20-35)30(37)26-15-24(13-12-23-9-5-4-6-10-23)17-32-29(26)38-27(21)19-33(3)28(36)16-25-11-7-8-14-31-25/h4-15,17,21-22,27,35H,16,18-20H2,1-3H3/b13-12+/t21-,22-,27+/m0/s1. The van der Waals surface area contributed by atoms with Gasteiger partial charge in [-0.25, -0.2) is 4.98 Å². The van der Waals surface area contributed by atoms with Gasteiger partial charge in [-0.3, -0.25) is 14.6 Å². The van der Waals surface area contributed by atoms with Crippen molar-refractivity contribution < 1.29 is 19.4 Å². The van der Waals surface area contributed by atoms with Crippen molar-refractivity contribution in [3.8, 4) is 5.88 Å². The molecule has 4 rings (SSSR count). The Kier molecular flexibility index (Phi) is 8.86. The summed E-state index contributed by atoms with van der Waals surface area (Å²) in [6.07, 6.45) is 6.98. The van der Waals surface area contributed by atoms with E-state index in [9.17, 15) is 14.7 Å². The molecule has 0 spiro atoms. The van der Waals surface area contributed by atoms with E-state index in [-0.39, 0.29) is 42.7 Å². The lowest BCUT2D eigenvalue weighted by Gasteiger charge is -2.37. The maximum absolute atomic E-state index is 13.6. The first-order valence-electron chi connectivity index (χ1n) is 12.8. The number of carbonyl (C=O) groups is 2. The number of amides is 2. The third-order valence-corrected chi connectivity index (χ3v) is 6.75. The molecule has 0 saturated carbocycles. The highest BCUT2D eigenvalue weighted by Crippen LogP contribution is 2.28. The van der Waals surface area contributed by atoms with Crippen LogP contribution in [0.25, 0.3) is 12.2 Å². The van der Waals surface area contributed by atoms with Crippen LogP contribution in [0.15, 0.2) is 67.0 Å². The third-order valence-electron chi connectivity index (χ3n) is 6.75. The predicted octanol–water partition coefficient (Wildman–Crippen LogP) is 3.57. The SMILES string of the molecule is C[C@H]1CN([C@@H](C)CO)C(=O)c2cc(/C=C/c3ccccc3)cnc2O[C@@H]1CN(C)C(=O)Cc1ccccn1. The number of benzene rings is 1. The van der Waals surface area contributed by atoms with E-state index < -0.39 is 6.10 Å². The second-order valence-electron chi connectivity index (χ2n) is 9.76. The lowest BCUT2D eigenvalue weighted by Crippen LogP contribution is -2.50. The van der Waals surface area contributed by atoms with Crippen LogP contribution in [0.4, 0.5) is 0 Å². The lowest BCUT2D eigenvalue weighted by molar-refractivity contribution is -0.130. The summed E-state index contributed by atoms with van der Waals surface area (Å²) < 4.78 is 6.32. The van der Waals surface area contributed by atoms with Gasteiger partial charge in [-0.2, -0.15) is 0 Å². The number of likely N-dealkylation sites (N-methyl/N-ethyl adjacent to an activating group) is 1. The van der Waals surface area contributed by atoms with E-state index in [1.54, 1.807) is 35.3 Å². The monoisotopic (exact) mass is 514 g/mol. The van der Waals surface area contributed by atoms with Gasteiger partial charge >= 0.3 is 0 Å². The summed E-state index contributed by atoms with van der Waals surface area (Å²) >= 11 is 0. The molecule has 0 unspecified atom stereocenters. The number of ether oxygens (including phenoxy) is 1. The number of aromatic nitrogens is 2. The van der Waals surface area contributed by atoms with Crippen LogP contribution in [-0.2, 0) is 11.2 Å². The Hall–Kier alpha value is -4.04.